The molecule has 0 spiro atoms. The number of nitrogens with two attached hydrogens (primary N) is 1. The monoisotopic (exact) mass is 278 g/mol. The van der Waals surface area contributed by atoms with Gasteiger partial charge in [0.1, 0.15) is 5.69 Å². The molecule has 1 aromatic carbocycles. The van der Waals surface area contributed by atoms with Crippen molar-refractivity contribution in [1.82, 2.24) is 0 Å². The average Bonchev–Trinajstić information content (AvgIpc) is 2.43. The molecule has 0 fully saturated rings. The lowest BCUT2D eigenvalue weighted by Crippen LogP contribution is -2.28. The van der Waals surface area contributed by atoms with E-state index in [1.165, 1.54) is 6.07 Å². The molecular formula is C13H18N4O3. The summed E-state index contributed by atoms with van der Waals surface area (Å²) < 4.78 is 0. The normalized spacial score (nSPS) is 15.2. The fraction of sp³-hybridized carbons (Fsp3) is 0.462. The van der Waals surface area contributed by atoms with Crippen LogP contribution in [0.5, 0.6) is 0 Å². The van der Waals surface area contributed by atoms with Crippen LogP contribution in [0.25, 0.3) is 0 Å². The highest BCUT2D eigenvalue weighted by Crippen LogP contribution is 2.34. The lowest BCUT2D eigenvalue weighted by molar-refractivity contribution is -0.383. The molecule has 4 N–H and O–H groups in total. The zero-order chi connectivity index (χ0) is 14.7. The molecule has 108 valence electrons. The first-order valence-corrected chi connectivity index (χ1v) is 6.63. The summed E-state index contributed by atoms with van der Waals surface area (Å²) in [6.07, 6.45) is 1.77. The number of hydrogen-bond donors (Lipinski definition) is 3. The van der Waals surface area contributed by atoms with Gasteiger partial charge >= 0.3 is 0 Å². The Hall–Kier alpha value is -2.15. The summed E-state index contributed by atoms with van der Waals surface area (Å²) in [6.45, 7) is 2.37. The number of aryl methyl sites for hydroxylation is 1. The number of nitro benzene ring substituents is 1. The molecule has 0 saturated heterocycles. The van der Waals surface area contributed by atoms with Crippen molar-refractivity contribution in [1.29, 1.82) is 0 Å². The third kappa shape index (κ3) is 2.88. The molecule has 2 rings (SSSR count). The quantitative estimate of drug-likeness (QED) is 0.560. The van der Waals surface area contributed by atoms with Gasteiger partial charge in [0.15, 0.2) is 0 Å². The van der Waals surface area contributed by atoms with Crippen molar-refractivity contribution in [3.8, 4) is 0 Å². The van der Waals surface area contributed by atoms with Gasteiger partial charge in [0.25, 0.3) is 5.69 Å². The Balaban J connectivity index is 2.39. The van der Waals surface area contributed by atoms with Gasteiger partial charge in [-0.1, -0.05) is 6.92 Å². The molecule has 0 aromatic heterocycles. The summed E-state index contributed by atoms with van der Waals surface area (Å²) in [6, 6.07) is 3.15. The van der Waals surface area contributed by atoms with Crippen LogP contribution in [0.1, 0.15) is 25.3 Å². The van der Waals surface area contributed by atoms with Crippen LogP contribution in [0.4, 0.5) is 17.1 Å². The van der Waals surface area contributed by atoms with Crippen LogP contribution in [0.15, 0.2) is 12.1 Å². The number of benzene rings is 1. The predicted octanol–water partition coefficient (Wildman–Crippen LogP) is 1.63. The van der Waals surface area contributed by atoms with Crippen LogP contribution >= 0.6 is 0 Å². The third-order valence-electron chi connectivity index (χ3n) is 3.45. The SMILES string of the molecule is CCC(CN)Nc1cc2c(cc1[N+](=O)[O-])NC(=O)CC2. The Morgan fingerprint density at radius 2 is 2.25 bits per heavy atom. The fourth-order valence-corrected chi connectivity index (χ4v) is 2.23. The smallest absolute Gasteiger partial charge is 0.294 e. The highest BCUT2D eigenvalue weighted by atomic mass is 16.6. The maximum atomic E-state index is 11.3. The Labute approximate surface area is 116 Å². The minimum atomic E-state index is -0.452. The minimum absolute atomic E-state index is 0.00932. The Bertz CT molecular complexity index is 541. The maximum absolute atomic E-state index is 11.3. The summed E-state index contributed by atoms with van der Waals surface area (Å²) >= 11 is 0. The van der Waals surface area contributed by atoms with E-state index in [9.17, 15) is 14.9 Å². The summed E-state index contributed by atoms with van der Waals surface area (Å²) in [5.41, 5.74) is 7.47. The fourth-order valence-electron chi connectivity index (χ4n) is 2.23. The van der Waals surface area contributed by atoms with E-state index in [2.05, 4.69) is 10.6 Å². The Morgan fingerprint density at radius 1 is 1.50 bits per heavy atom. The molecule has 20 heavy (non-hydrogen) atoms. The number of hydrogen-bond acceptors (Lipinski definition) is 5. The second-order valence-electron chi connectivity index (χ2n) is 4.82. The van der Waals surface area contributed by atoms with Gasteiger partial charge < -0.3 is 16.4 Å². The standard InChI is InChI=1S/C13H18N4O3/c1-2-9(7-14)15-11-5-8-3-4-13(18)16-10(8)6-12(11)17(19)20/h5-6,9,15H,2-4,7,14H2,1H3,(H,16,18). The lowest BCUT2D eigenvalue weighted by atomic mass is 10.0. The molecule has 1 atom stereocenters. The van der Waals surface area contributed by atoms with E-state index in [0.717, 1.165) is 12.0 Å². The van der Waals surface area contributed by atoms with E-state index in [0.29, 0.717) is 30.8 Å². The van der Waals surface area contributed by atoms with Gasteiger partial charge in [-0.25, -0.2) is 0 Å². The zero-order valence-electron chi connectivity index (χ0n) is 11.3. The van der Waals surface area contributed by atoms with Gasteiger partial charge in [-0.3, -0.25) is 14.9 Å². The third-order valence-corrected chi connectivity index (χ3v) is 3.45. The van der Waals surface area contributed by atoms with Crippen molar-refractivity contribution in [3.05, 3.63) is 27.8 Å². The second-order valence-corrected chi connectivity index (χ2v) is 4.82. The number of nitrogens with one attached hydrogen (secondary N) is 2. The van der Waals surface area contributed by atoms with Crippen LogP contribution in [0.3, 0.4) is 0 Å². The molecule has 7 heteroatoms. The number of fused-ring (bicyclic) bond motifs is 1. The Kier molecular flexibility index (Phi) is 4.19. The van der Waals surface area contributed by atoms with Crippen LogP contribution in [-0.2, 0) is 11.2 Å². The molecule has 1 unspecified atom stereocenters. The lowest BCUT2D eigenvalue weighted by Gasteiger charge is -2.20. The molecule has 7 nitrogen and oxygen atoms in total. The molecule has 0 bridgehead atoms. The van der Waals surface area contributed by atoms with Crippen molar-refractivity contribution < 1.29 is 9.72 Å². The van der Waals surface area contributed by atoms with E-state index >= 15 is 0 Å². The van der Waals surface area contributed by atoms with Gasteiger partial charge in [-0.15, -0.1) is 0 Å². The van der Waals surface area contributed by atoms with Gasteiger partial charge in [0.05, 0.1) is 10.6 Å². The number of anilines is 2. The highest BCUT2D eigenvalue weighted by molar-refractivity contribution is 5.95. The molecule has 0 aliphatic carbocycles. The van der Waals surface area contributed by atoms with Crippen molar-refractivity contribution in [3.63, 3.8) is 0 Å². The topological polar surface area (TPSA) is 110 Å². The van der Waals surface area contributed by atoms with E-state index in [1.807, 2.05) is 6.92 Å². The van der Waals surface area contributed by atoms with Crippen LogP contribution in [-0.4, -0.2) is 23.4 Å². The Morgan fingerprint density at radius 3 is 2.85 bits per heavy atom. The van der Waals surface area contributed by atoms with Crippen molar-refractivity contribution in [2.45, 2.75) is 32.2 Å². The van der Waals surface area contributed by atoms with Crippen molar-refractivity contribution in [2.75, 3.05) is 17.2 Å². The molecule has 0 saturated carbocycles. The van der Waals surface area contributed by atoms with Crippen molar-refractivity contribution in [2.24, 2.45) is 5.73 Å². The van der Waals surface area contributed by atoms with E-state index in [-0.39, 0.29) is 17.6 Å². The van der Waals surface area contributed by atoms with Crippen LogP contribution < -0.4 is 16.4 Å². The van der Waals surface area contributed by atoms with Gasteiger partial charge in [0.2, 0.25) is 5.91 Å². The van der Waals surface area contributed by atoms with Gasteiger partial charge in [0, 0.05) is 25.1 Å². The van der Waals surface area contributed by atoms with Gasteiger partial charge in [-0.05, 0) is 24.5 Å². The first-order chi connectivity index (χ1) is 9.55. The number of nitro groups is 1. The molecule has 1 amide bonds. The molecule has 1 aliphatic heterocycles. The summed E-state index contributed by atoms with van der Waals surface area (Å²) in [4.78, 5) is 22.1. The summed E-state index contributed by atoms with van der Waals surface area (Å²) in [7, 11) is 0. The number of carbonyl (C=O) groups is 1. The number of carbonyl (C=O) groups excluding carboxylic acids is 1. The largest absolute Gasteiger partial charge is 0.375 e. The maximum Gasteiger partial charge on any atom is 0.294 e. The van der Waals surface area contributed by atoms with E-state index < -0.39 is 4.92 Å². The number of amides is 1. The van der Waals surface area contributed by atoms with E-state index in [4.69, 9.17) is 5.73 Å². The van der Waals surface area contributed by atoms with Crippen LogP contribution in [0.2, 0.25) is 0 Å². The summed E-state index contributed by atoms with van der Waals surface area (Å²) in [5.74, 6) is -0.110. The van der Waals surface area contributed by atoms with Gasteiger partial charge in [-0.2, -0.15) is 0 Å². The molecule has 1 aliphatic rings. The zero-order valence-corrected chi connectivity index (χ0v) is 11.3. The second kappa shape index (κ2) is 5.87. The average molecular weight is 278 g/mol. The molecule has 1 aromatic rings. The minimum Gasteiger partial charge on any atom is -0.375 e. The van der Waals surface area contributed by atoms with Crippen molar-refractivity contribution >= 4 is 23.0 Å². The first kappa shape index (κ1) is 14.3. The van der Waals surface area contributed by atoms with Crippen LogP contribution in [0, 0.1) is 10.1 Å². The van der Waals surface area contributed by atoms with E-state index in [1.54, 1.807) is 6.07 Å². The highest BCUT2D eigenvalue weighted by Gasteiger charge is 2.23. The number of nitrogens with zero attached hydrogens (tertiary/aromatic N) is 1. The molecule has 1 heterocycles. The molecular weight excluding hydrogens is 260 g/mol. The molecule has 0 radical (unpaired) electrons. The predicted molar refractivity (Wildman–Crippen MR) is 76.8 cm³/mol. The number of rotatable bonds is 5. The summed E-state index contributed by atoms with van der Waals surface area (Å²) in [5, 5.41) is 16.9. The first-order valence-electron chi connectivity index (χ1n) is 6.63.